The number of urea groups is 1. The van der Waals surface area contributed by atoms with E-state index in [1.807, 2.05) is 24.3 Å². The average molecular weight is 263 g/mol. The summed E-state index contributed by atoms with van der Waals surface area (Å²) in [5.41, 5.74) is 1.75. The molecule has 18 heavy (non-hydrogen) atoms. The van der Waals surface area contributed by atoms with Crippen LogP contribution in [0.5, 0.6) is 0 Å². The zero-order chi connectivity index (χ0) is 12.5. The lowest BCUT2D eigenvalue weighted by Crippen LogP contribution is -2.23. The number of para-hydroxylation sites is 1. The Balaban J connectivity index is 1.97. The van der Waals surface area contributed by atoms with Crippen molar-refractivity contribution in [2.75, 3.05) is 13.1 Å². The number of fused-ring (bicyclic) bond motifs is 1. The maximum atomic E-state index is 11.3. The molecule has 0 saturated carbocycles. The molecule has 0 bridgehead atoms. The number of aromatic nitrogens is 1. The third-order valence-electron chi connectivity index (χ3n) is 2.86. The number of hydrogen-bond donors (Lipinski definition) is 2. The molecule has 6 heteroatoms. The Bertz CT molecular complexity index is 634. The fraction of sp³-hybridized carbons (Fsp3) is 0.167. The molecular formula is C12H11ClN4O. The largest absolute Gasteiger partial charge is 0.345 e. The number of rotatable bonds is 2. The Hall–Kier alpha value is -2.01. The standard InChI is InChI=1S/C12H11ClN4O/c13-11-9(7-15-17-6-5-14-12(17)18)8-3-1-2-4-10(8)16-11/h1-4,7,16H,5-6H2,(H,14,18)/b15-7+. The Labute approximate surface area is 108 Å². The minimum Gasteiger partial charge on any atom is -0.345 e. The number of nitrogens with one attached hydrogen (secondary N) is 2. The van der Waals surface area contributed by atoms with Crippen LogP contribution in [-0.4, -0.2) is 35.3 Å². The zero-order valence-electron chi connectivity index (χ0n) is 9.48. The molecule has 1 aliphatic rings. The highest BCUT2D eigenvalue weighted by Gasteiger charge is 2.18. The molecule has 92 valence electrons. The fourth-order valence-electron chi connectivity index (χ4n) is 1.96. The third-order valence-corrected chi connectivity index (χ3v) is 3.16. The van der Waals surface area contributed by atoms with Gasteiger partial charge in [-0.1, -0.05) is 29.8 Å². The highest BCUT2D eigenvalue weighted by Crippen LogP contribution is 2.24. The predicted molar refractivity (Wildman–Crippen MR) is 71.0 cm³/mol. The average Bonchev–Trinajstić information content (AvgIpc) is 2.90. The van der Waals surface area contributed by atoms with Crippen LogP contribution in [0.25, 0.3) is 10.9 Å². The van der Waals surface area contributed by atoms with Crippen molar-refractivity contribution in [3.8, 4) is 0 Å². The van der Waals surface area contributed by atoms with E-state index in [2.05, 4.69) is 15.4 Å². The second-order valence-electron chi connectivity index (χ2n) is 4.00. The molecule has 0 atom stereocenters. The van der Waals surface area contributed by atoms with Gasteiger partial charge >= 0.3 is 6.03 Å². The van der Waals surface area contributed by atoms with Crippen molar-refractivity contribution in [2.24, 2.45) is 5.10 Å². The molecule has 2 aromatic rings. The molecule has 1 aliphatic heterocycles. The normalized spacial score (nSPS) is 15.8. The summed E-state index contributed by atoms with van der Waals surface area (Å²) in [5.74, 6) is 0. The molecule has 5 nitrogen and oxygen atoms in total. The van der Waals surface area contributed by atoms with Crippen LogP contribution in [0.1, 0.15) is 5.56 Å². The molecule has 1 fully saturated rings. The number of carbonyl (C=O) groups excluding carboxylic acids is 1. The van der Waals surface area contributed by atoms with Crippen LogP contribution < -0.4 is 5.32 Å². The van der Waals surface area contributed by atoms with Crippen LogP contribution in [-0.2, 0) is 0 Å². The van der Waals surface area contributed by atoms with Crippen LogP contribution in [0.2, 0.25) is 5.15 Å². The van der Waals surface area contributed by atoms with Crippen molar-refractivity contribution >= 4 is 34.7 Å². The lowest BCUT2D eigenvalue weighted by Gasteiger charge is -2.04. The third kappa shape index (κ3) is 1.82. The van der Waals surface area contributed by atoms with Gasteiger partial charge in [-0.2, -0.15) is 5.10 Å². The number of aromatic amines is 1. The SMILES string of the molecule is O=C1NCCN1/N=C/c1c(Cl)[nH]c2ccccc12. The molecule has 1 aromatic carbocycles. The minimum absolute atomic E-state index is 0.179. The van der Waals surface area contributed by atoms with Gasteiger partial charge in [0.05, 0.1) is 12.8 Å². The van der Waals surface area contributed by atoms with E-state index in [0.29, 0.717) is 18.2 Å². The van der Waals surface area contributed by atoms with Gasteiger partial charge in [-0.15, -0.1) is 0 Å². The first kappa shape index (κ1) is 11.1. The summed E-state index contributed by atoms with van der Waals surface area (Å²) in [6.45, 7) is 1.20. The van der Waals surface area contributed by atoms with E-state index in [9.17, 15) is 4.79 Å². The summed E-state index contributed by atoms with van der Waals surface area (Å²) < 4.78 is 0. The smallest absolute Gasteiger partial charge is 0.337 e. The summed E-state index contributed by atoms with van der Waals surface area (Å²) in [6.07, 6.45) is 1.62. The maximum absolute atomic E-state index is 11.3. The second-order valence-corrected chi connectivity index (χ2v) is 4.38. The zero-order valence-corrected chi connectivity index (χ0v) is 10.2. The van der Waals surface area contributed by atoms with Gasteiger partial charge in [0, 0.05) is 23.0 Å². The Morgan fingerprint density at radius 3 is 3.00 bits per heavy atom. The summed E-state index contributed by atoms with van der Waals surface area (Å²) in [7, 11) is 0. The van der Waals surface area contributed by atoms with Crippen molar-refractivity contribution < 1.29 is 4.79 Å². The topological polar surface area (TPSA) is 60.5 Å². The van der Waals surface area contributed by atoms with E-state index in [-0.39, 0.29) is 6.03 Å². The number of hydrazone groups is 1. The van der Waals surface area contributed by atoms with Gasteiger partial charge in [0.15, 0.2) is 0 Å². The number of hydrogen-bond acceptors (Lipinski definition) is 2. The molecule has 0 unspecified atom stereocenters. The Morgan fingerprint density at radius 1 is 1.39 bits per heavy atom. The van der Waals surface area contributed by atoms with Crippen molar-refractivity contribution in [3.63, 3.8) is 0 Å². The van der Waals surface area contributed by atoms with Crippen LogP contribution >= 0.6 is 11.6 Å². The van der Waals surface area contributed by atoms with Gasteiger partial charge in [-0.05, 0) is 6.07 Å². The number of benzene rings is 1. The molecule has 2 N–H and O–H groups in total. The monoisotopic (exact) mass is 262 g/mol. The molecule has 1 aromatic heterocycles. The van der Waals surface area contributed by atoms with Crippen LogP contribution in [0.15, 0.2) is 29.4 Å². The van der Waals surface area contributed by atoms with E-state index in [0.717, 1.165) is 16.5 Å². The van der Waals surface area contributed by atoms with E-state index in [4.69, 9.17) is 11.6 Å². The quantitative estimate of drug-likeness (QED) is 0.801. The molecule has 0 radical (unpaired) electrons. The summed E-state index contributed by atoms with van der Waals surface area (Å²) in [5, 5.41) is 9.74. The van der Waals surface area contributed by atoms with Crippen molar-refractivity contribution in [1.82, 2.24) is 15.3 Å². The number of halogens is 1. The number of amides is 2. The predicted octanol–water partition coefficient (Wildman–Crippen LogP) is 2.18. The van der Waals surface area contributed by atoms with E-state index >= 15 is 0 Å². The summed E-state index contributed by atoms with van der Waals surface area (Å²) in [6, 6.07) is 7.60. The van der Waals surface area contributed by atoms with Gasteiger partial charge in [0.2, 0.25) is 0 Å². The van der Waals surface area contributed by atoms with Crippen molar-refractivity contribution in [1.29, 1.82) is 0 Å². The van der Waals surface area contributed by atoms with Crippen molar-refractivity contribution in [3.05, 3.63) is 35.0 Å². The summed E-state index contributed by atoms with van der Waals surface area (Å²) in [4.78, 5) is 14.4. The van der Waals surface area contributed by atoms with E-state index in [1.54, 1.807) is 6.21 Å². The highest BCUT2D eigenvalue weighted by atomic mass is 35.5. The summed E-state index contributed by atoms with van der Waals surface area (Å²) >= 11 is 6.12. The van der Waals surface area contributed by atoms with Gasteiger partial charge in [0.1, 0.15) is 5.15 Å². The van der Waals surface area contributed by atoms with Gasteiger partial charge in [0.25, 0.3) is 0 Å². The first-order valence-electron chi connectivity index (χ1n) is 5.61. The molecule has 3 rings (SSSR count). The first-order valence-corrected chi connectivity index (χ1v) is 5.99. The Morgan fingerprint density at radius 2 is 2.22 bits per heavy atom. The maximum Gasteiger partial charge on any atom is 0.337 e. The minimum atomic E-state index is -0.179. The number of carbonyl (C=O) groups is 1. The number of H-pyrrole nitrogens is 1. The van der Waals surface area contributed by atoms with Crippen molar-refractivity contribution in [2.45, 2.75) is 0 Å². The van der Waals surface area contributed by atoms with Gasteiger partial charge in [-0.3, -0.25) is 0 Å². The molecule has 0 aliphatic carbocycles. The lowest BCUT2D eigenvalue weighted by atomic mass is 10.2. The first-order chi connectivity index (χ1) is 8.75. The molecule has 1 saturated heterocycles. The van der Waals surface area contributed by atoms with Crippen LogP contribution in [0.3, 0.4) is 0 Å². The van der Waals surface area contributed by atoms with Crippen LogP contribution in [0, 0.1) is 0 Å². The highest BCUT2D eigenvalue weighted by molar-refractivity contribution is 6.34. The lowest BCUT2D eigenvalue weighted by molar-refractivity contribution is 0.219. The van der Waals surface area contributed by atoms with Crippen LogP contribution in [0.4, 0.5) is 4.79 Å². The fourth-order valence-corrected chi connectivity index (χ4v) is 2.21. The molecule has 0 spiro atoms. The van der Waals surface area contributed by atoms with Gasteiger partial charge in [-0.25, -0.2) is 9.80 Å². The molecular weight excluding hydrogens is 252 g/mol. The van der Waals surface area contributed by atoms with Gasteiger partial charge < -0.3 is 10.3 Å². The van der Waals surface area contributed by atoms with E-state index < -0.39 is 0 Å². The van der Waals surface area contributed by atoms with E-state index in [1.165, 1.54) is 5.01 Å². The second kappa shape index (κ2) is 4.34. The molecule has 2 amide bonds. The Kier molecular flexibility index (Phi) is 2.68. The number of nitrogens with zero attached hydrogens (tertiary/aromatic N) is 2. The molecule has 2 heterocycles.